The van der Waals surface area contributed by atoms with Crippen LogP contribution in [0.25, 0.3) is 0 Å². The molecule has 5 heteroatoms. The maximum absolute atomic E-state index is 12.4. The fourth-order valence-corrected chi connectivity index (χ4v) is 3.92. The van der Waals surface area contributed by atoms with Crippen molar-refractivity contribution < 1.29 is 14.3 Å². The maximum atomic E-state index is 12.4. The molecule has 3 rings (SSSR count). The van der Waals surface area contributed by atoms with Crippen molar-refractivity contribution in [1.82, 2.24) is 0 Å². The number of Topliss-reactive ketones (excluding diaryl/α,β-unsaturated/α-hetero) is 1. The Morgan fingerprint density at radius 2 is 1.62 bits per heavy atom. The third-order valence-electron chi connectivity index (χ3n) is 3.95. The summed E-state index contributed by atoms with van der Waals surface area (Å²) in [5.41, 5.74) is 2.66. The second-order valence-corrected chi connectivity index (χ2v) is 8.21. The second-order valence-electron chi connectivity index (χ2n) is 5.75. The van der Waals surface area contributed by atoms with E-state index in [1.807, 2.05) is 30.3 Å². The number of thiophene rings is 1. The Balaban J connectivity index is 1.63. The van der Waals surface area contributed by atoms with Crippen LogP contribution in [0.5, 0.6) is 0 Å². The third-order valence-corrected chi connectivity index (χ3v) is 5.61. The SMILES string of the molecule is O=C(COC(=O)c1ccccc1CCc1ccccc1)c1ccc(Br)s1. The highest BCUT2D eigenvalue weighted by molar-refractivity contribution is 9.11. The molecule has 1 aromatic heterocycles. The van der Waals surface area contributed by atoms with Crippen LogP contribution in [0.4, 0.5) is 0 Å². The summed E-state index contributed by atoms with van der Waals surface area (Å²) in [6, 6.07) is 21.0. The first-order valence-corrected chi connectivity index (χ1v) is 9.82. The lowest BCUT2D eigenvalue weighted by Crippen LogP contribution is -2.15. The normalized spacial score (nSPS) is 10.5. The number of ether oxygens (including phenoxy) is 1. The van der Waals surface area contributed by atoms with E-state index in [2.05, 4.69) is 28.1 Å². The Morgan fingerprint density at radius 1 is 0.885 bits per heavy atom. The molecule has 0 N–H and O–H groups in total. The largest absolute Gasteiger partial charge is 0.454 e. The molecule has 0 aliphatic heterocycles. The van der Waals surface area contributed by atoms with Gasteiger partial charge in [-0.1, -0.05) is 48.5 Å². The van der Waals surface area contributed by atoms with Crippen LogP contribution in [-0.2, 0) is 17.6 Å². The Hall–Kier alpha value is -2.24. The number of esters is 1. The lowest BCUT2D eigenvalue weighted by atomic mass is 10.00. The molecule has 1 heterocycles. The van der Waals surface area contributed by atoms with Crippen molar-refractivity contribution >= 4 is 39.0 Å². The molecule has 132 valence electrons. The van der Waals surface area contributed by atoms with Gasteiger partial charge in [0.1, 0.15) is 0 Å². The predicted octanol–water partition coefficient (Wildman–Crippen LogP) is 5.34. The monoisotopic (exact) mass is 428 g/mol. The fourth-order valence-electron chi connectivity index (χ4n) is 2.61. The predicted molar refractivity (Wildman–Crippen MR) is 107 cm³/mol. The zero-order valence-electron chi connectivity index (χ0n) is 14.0. The van der Waals surface area contributed by atoms with Gasteiger partial charge in [0.25, 0.3) is 0 Å². The van der Waals surface area contributed by atoms with Crippen LogP contribution in [-0.4, -0.2) is 18.4 Å². The van der Waals surface area contributed by atoms with Gasteiger partial charge in [-0.2, -0.15) is 0 Å². The minimum Gasteiger partial charge on any atom is -0.454 e. The number of aryl methyl sites for hydroxylation is 2. The molecule has 26 heavy (non-hydrogen) atoms. The summed E-state index contributed by atoms with van der Waals surface area (Å²) in [7, 11) is 0. The molecule has 0 bridgehead atoms. The van der Waals surface area contributed by atoms with Crippen molar-refractivity contribution in [3.05, 3.63) is 92.1 Å². The van der Waals surface area contributed by atoms with E-state index < -0.39 is 5.97 Å². The summed E-state index contributed by atoms with van der Waals surface area (Å²) in [6.07, 6.45) is 1.58. The van der Waals surface area contributed by atoms with Crippen molar-refractivity contribution in [2.45, 2.75) is 12.8 Å². The number of hydrogen-bond donors (Lipinski definition) is 0. The first kappa shape index (κ1) is 18.5. The number of benzene rings is 2. The average Bonchev–Trinajstić information content (AvgIpc) is 3.12. The molecule has 0 saturated carbocycles. The number of halogens is 1. The van der Waals surface area contributed by atoms with Crippen LogP contribution in [0.15, 0.2) is 70.5 Å². The van der Waals surface area contributed by atoms with Gasteiger partial charge in [-0.25, -0.2) is 4.79 Å². The van der Waals surface area contributed by atoms with Crippen molar-refractivity contribution in [2.24, 2.45) is 0 Å². The van der Waals surface area contributed by atoms with Crippen LogP contribution in [0.1, 0.15) is 31.2 Å². The average molecular weight is 429 g/mol. The molecule has 0 amide bonds. The summed E-state index contributed by atoms with van der Waals surface area (Å²) >= 11 is 4.65. The van der Waals surface area contributed by atoms with E-state index in [9.17, 15) is 9.59 Å². The lowest BCUT2D eigenvalue weighted by molar-refractivity contribution is 0.0474. The molecular formula is C21H17BrO3S. The quantitative estimate of drug-likeness (QED) is 0.376. The van der Waals surface area contributed by atoms with Crippen molar-refractivity contribution in [1.29, 1.82) is 0 Å². The molecule has 3 aromatic rings. The highest BCUT2D eigenvalue weighted by Gasteiger charge is 2.16. The van der Waals surface area contributed by atoms with Gasteiger partial charge in [0.2, 0.25) is 5.78 Å². The standard InChI is InChI=1S/C21H17BrO3S/c22-20-13-12-19(26-20)18(23)14-25-21(24)17-9-5-4-8-16(17)11-10-15-6-2-1-3-7-15/h1-9,12-13H,10-11,14H2. The molecular weight excluding hydrogens is 412 g/mol. The number of hydrogen-bond acceptors (Lipinski definition) is 4. The van der Waals surface area contributed by atoms with Crippen molar-refractivity contribution in [3.8, 4) is 0 Å². The minimum absolute atomic E-state index is 0.198. The van der Waals surface area contributed by atoms with E-state index in [-0.39, 0.29) is 12.4 Å². The first-order valence-electron chi connectivity index (χ1n) is 8.21. The van der Waals surface area contributed by atoms with Crippen LogP contribution < -0.4 is 0 Å². The van der Waals surface area contributed by atoms with Crippen LogP contribution in [0.3, 0.4) is 0 Å². The molecule has 0 aliphatic carbocycles. The number of carbonyl (C=O) groups excluding carboxylic acids is 2. The van der Waals surface area contributed by atoms with Gasteiger partial charge < -0.3 is 4.74 Å². The van der Waals surface area contributed by atoms with Gasteiger partial charge in [0.15, 0.2) is 6.61 Å². The molecule has 0 atom stereocenters. The summed E-state index contributed by atoms with van der Waals surface area (Å²) in [5, 5.41) is 0. The van der Waals surface area contributed by atoms with Gasteiger partial charge in [0, 0.05) is 0 Å². The molecule has 3 nitrogen and oxygen atoms in total. The zero-order chi connectivity index (χ0) is 18.4. The van der Waals surface area contributed by atoms with E-state index in [4.69, 9.17) is 4.74 Å². The highest BCUT2D eigenvalue weighted by atomic mass is 79.9. The van der Waals surface area contributed by atoms with E-state index >= 15 is 0 Å². The number of carbonyl (C=O) groups is 2. The van der Waals surface area contributed by atoms with E-state index in [0.717, 1.165) is 22.2 Å². The zero-order valence-corrected chi connectivity index (χ0v) is 16.4. The Labute approximate surface area is 164 Å². The van der Waals surface area contributed by atoms with Gasteiger partial charge in [-0.3, -0.25) is 4.79 Å². The van der Waals surface area contributed by atoms with E-state index in [1.165, 1.54) is 16.9 Å². The summed E-state index contributed by atoms with van der Waals surface area (Å²) in [5.74, 6) is -0.659. The van der Waals surface area contributed by atoms with Crippen LogP contribution >= 0.6 is 27.3 Å². The number of ketones is 1. The van der Waals surface area contributed by atoms with Gasteiger partial charge in [-0.05, 0) is 58.1 Å². The van der Waals surface area contributed by atoms with E-state index in [1.54, 1.807) is 24.3 Å². The number of rotatable bonds is 7. The van der Waals surface area contributed by atoms with Crippen molar-refractivity contribution in [3.63, 3.8) is 0 Å². The van der Waals surface area contributed by atoms with Crippen LogP contribution in [0.2, 0.25) is 0 Å². The molecule has 0 spiro atoms. The Morgan fingerprint density at radius 3 is 2.35 bits per heavy atom. The van der Waals surface area contributed by atoms with Crippen LogP contribution in [0, 0.1) is 0 Å². The third kappa shape index (κ3) is 4.90. The van der Waals surface area contributed by atoms with Gasteiger partial charge in [0.05, 0.1) is 14.2 Å². The summed E-state index contributed by atoms with van der Waals surface area (Å²) < 4.78 is 6.12. The van der Waals surface area contributed by atoms with Crippen molar-refractivity contribution in [2.75, 3.05) is 6.61 Å². The topological polar surface area (TPSA) is 43.4 Å². The van der Waals surface area contributed by atoms with Gasteiger partial charge in [-0.15, -0.1) is 11.3 Å². The molecule has 0 saturated heterocycles. The summed E-state index contributed by atoms with van der Waals surface area (Å²) in [6.45, 7) is -0.251. The molecule has 0 fully saturated rings. The molecule has 2 aromatic carbocycles. The van der Waals surface area contributed by atoms with E-state index in [0.29, 0.717) is 10.4 Å². The maximum Gasteiger partial charge on any atom is 0.338 e. The van der Waals surface area contributed by atoms with Gasteiger partial charge >= 0.3 is 5.97 Å². The molecule has 0 unspecified atom stereocenters. The smallest absolute Gasteiger partial charge is 0.338 e. The minimum atomic E-state index is -0.461. The molecule has 0 radical (unpaired) electrons. The fraction of sp³-hybridized carbons (Fsp3) is 0.143. The molecule has 0 aliphatic rings. The summed E-state index contributed by atoms with van der Waals surface area (Å²) in [4.78, 5) is 25.1. The Kier molecular flexibility index (Phi) is 6.36. The lowest BCUT2D eigenvalue weighted by Gasteiger charge is -2.09. The Bertz CT molecular complexity index is 902. The second kappa shape index (κ2) is 8.92. The first-order chi connectivity index (χ1) is 12.6. The highest BCUT2D eigenvalue weighted by Crippen LogP contribution is 2.22.